The van der Waals surface area contributed by atoms with Crippen LogP contribution in [0.5, 0.6) is 5.75 Å². The summed E-state index contributed by atoms with van der Waals surface area (Å²) in [4.78, 5) is 0. The van der Waals surface area contributed by atoms with E-state index in [0.717, 1.165) is 18.8 Å². The zero-order valence-electron chi connectivity index (χ0n) is 14.0. The summed E-state index contributed by atoms with van der Waals surface area (Å²) < 4.78 is 0. The third-order valence-electron chi connectivity index (χ3n) is 6.65. The van der Waals surface area contributed by atoms with Crippen molar-refractivity contribution in [3.63, 3.8) is 0 Å². The molecule has 0 radical (unpaired) electrons. The largest absolute Gasteiger partial charge is 0.508 e. The van der Waals surface area contributed by atoms with Crippen LogP contribution in [-0.4, -0.2) is 16.3 Å². The number of hydrogen-bond acceptors (Lipinski definition) is 2. The molecule has 2 nitrogen and oxygen atoms in total. The number of fused-ring (bicyclic) bond motifs is 1. The van der Waals surface area contributed by atoms with Crippen molar-refractivity contribution < 1.29 is 10.2 Å². The van der Waals surface area contributed by atoms with Crippen LogP contribution in [0.15, 0.2) is 24.3 Å². The normalized spacial score (nSPS) is 36.0. The van der Waals surface area contributed by atoms with Gasteiger partial charge in [-0.1, -0.05) is 32.4 Å². The molecule has 0 spiro atoms. The van der Waals surface area contributed by atoms with E-state index in [0.29, 0.717) is 23.0 Å². The van der Waals surface area contributed by atoms with Crippen molar-refractivity contribution in [2.24, 2.45) is 23.2 Å². The Morgan fingerprint density at radius 2 is 2.09 bits per heavy atom. The number of aliphatic hydroxyl groups excluding tert-OH is 1. The Morgan fingerprint density at radius 3 is 2.86 bits per heavy atom. The van der Waals surface area contributed by atoms with Gasteiger partial charge >= 0.3 is 0 Å². The predicted molar refractivity (Wildman–Crippen MR) is 89.8 cm³/mol. The summed E-state index contributed by atoms with van der Waals surface area (Å²) in [6, 6.07) is 7.66. The van der Waals surface area contributed by atoms with Crippen LogP contribution >= 0.6 is 0 Å². The fourth-order valence-corrected chi connectivity index (χ4v) is 5.43. The van der Waals surface area contributed by atoms with Gasteiger partial charge in [-0.15, -0.1) is 0 Å². The van der Waals surface area contributed by atoms with E-state index in [1.165, 1.54) is 37.7 Å². The van der Waals surface area contributed by atoms with Crippen LogP contribution in [0.4, 0.5) is 0 Å². The molecule has 2 saturated carbocycles. The molecule has 122 valence electrons. The molecule has 0 aliphatic heterocycles. The summed E-state index contributed by atoms with van der Waals surface area (Å²) in [7, 11) is 0. The number of aliphatic hydroxyl groups is 1. The molecule has 0 saturated heterocycles. The van der Waals surface area contributed by atoms with Crippen molar-refractivity contribution >= 4 is 0 Å². The van der Waals surface area contributed by atoms with E-state index in [1.807, 2.05) is 12.1 Å². The zero-order valence-corrected chi connectivity index (χ0v) is 14.0. The topological polar surface area (TPSA) is 40.5 Å². The lowest BCUT2D eigenvalue weighted by atomic mass is 9.61. The first-order chi connectivity index (χ1) is 10.5. The van der Waals surface area contributed by atoms with Crippen LogP contribution in [-0.2, 0) is 6.42 Å². The van der Waals surface area contributed by atoms with E-state index >= 15 is 0 Å². The maximum Gasteiger partial charge on any atom is 0.115 e. The minimum atomic E-state index is -0.0676. The van der Waals surface area contributed by atoms with Gasteiger partial charge in [-0.05, 0) is 79.4 Å². The molecule has 2 aliphatic carbocycles. The fourth-order valence-electron chi connectivity index (χ4n) is 5.43. The van der Waals surface area contributed by atoms with E-state index in [-0.39, 0.29) is 6.10 Å². The van der Waals surface area contributed by atoms with Crippen LogP contribution in [0.3, 0.4) is 0 Å². The van der Waals surface area contributed by atoms with Gasteiger partial charge in [0, 0.05) is 0 Å². The van der Waals surface area contributed by atoms with Crippen LogP contribution in [0, 0.1) is 23.2 Å². The van der Waals surface area contributed by atoms with E-state index in [2.05, 4.69) is 19.9 Å². The maximum absolute atomic E-state index is 10.4. The van der Waals surface area contributed by atoms with Crippen molar-refractivity contribution in [2.45, 2.75) is 64.9 Å². The average molecular weight is 302 g/mol. The van der Waals surface area contributed by atoms with Crippen LogP contribution in [0.25, 0.3) is 0 Å². The highest BCUT2D eigenvalue weighted by molar-refractivity contribution is 5.27. The van der Waals surface area contributed by atoms with Gasteiger partial charge in [0.2, 0.25) is 0 Å². The molecule has 2 fully saturated rings. The first kappa shape index (κ1) is 15.9. The van der Waals surface area contributed by atoms with Gasteiger partial charge in [0.25, 0.3) is 0 Å². The number of hydrogen-bond donors (Lipinski definition) is 2. The van der Waals surface area contributed by atoms with E-state index in [9.17, 15) is 10.2 Å². The number of phenolic OH excluding ortho intramolecular Hbond substituents is 1. The Hall–Kier alpha value is -1.02. The summed E-state index contributed by atoms with van der Waals surface area (Å²) in [6.07, 6.45) is 8.10. The molecule has 0 heterocycles. The zero-order chi connectivity index (χ0) is 15.7. The predicted octanol–water partition coefficient (Wildman–Crippen LogP) is 4.54. The number of aryl methyl sites for hydroxylation is 1. The number of rotatable bonds is 4. The fraction of sp³-hybridized carbons (Fsp3) is 0.700. The van der Waals surface area contributed by atoms with Crippen LogP contribution < -0.4 is 0 Å². The standard InChI is InChI=1S/C20H30O2/c1-14(8-9-15-5-3-6-16(21)13-15)17-10-11-18-19(22)7-4-12-20(17,18)2/h3,5-6,13-14,17-19,21-22H,4,7-12H2,1-2H3/t14?,17-,18+,19+,20-/m1/s1. The smallest absolute Gasteiger partial charge is 0.115 e. The quantitative estimate of drug-likeness (QED) is 0.857. The second-order valence-corrected chi connectivity index (χ2v) is 7.94. The lowest BCUT2D eigenvalue weighted by Gasteiger charge is -2.45. The third-order valence-corrected chi connectivity index (χ3v) is 6.65. The van der Waals surface area contributed by atoms with Crippen molar-refractivity contribution in [1.29, 1.82) is 0 Å². The lowest BCUT2D eigenvalue weighted by molar-refractivity contribution is -0.0275. The van der Waals surface area contributed by atoms with Gasteiger partial charge in [-0.25, -0.2) is 0 Å². The maximum atomic E-state index is 10.4. The Bertz CT molecular complexity index is 512. The van der Waals surface area contributed by atoms with E-state index in [1.54, 1.807) is 6.07 Å². The third kappa shape index (κ3) is 2.90. The summed E-state index contributed by atoms with van der Waals surface area (Å²) >= 11 is 0. The minimum Gasteiger partial charge on any atom is -0.508 e. The molecule has 1 aromatic rings. The molecule has 1 aromatic carbocycles. The lowest BCUT2D eigenvalue weighted by Crippen LogP contribution is -2.41. The number of benzene rings is 1. The minimum absolute atomic E-state index is 0.0676. The van der Waals surface area contributed by atoms with Gasteiger partial charge in [0.1, 0.15) is 5.75 Å². The molecule has 1 unspecified atom stereocenters. The molecule has 2 N–H and O–H groups in total. The van der Waals surface area contributed by atoms with Crippen LogP contribution in [0.2, 0.25) is 0 Å². The number of aromatic hydroxyl groups is 1. The Balaban J connectivity index is 1.64. The molecule has 2 aliphatic rings. The number of phenols is 1. The highest BCUT2D eigenvalue weighted by Crippen LogP contribution is 2.58. The second-order valence-electron chi connectivity index (χ2n) is 7.94. The summed E-state index contributed by atoms with van der Waals surface area (Å²) in [5.41, 5.74) is 1.57. The van der Waals surface area contributed by atoms with Crippen molar-refractivity contribution in [3.8, 4) is 5.75 Å². The summed E-state index contributed by atoms with van der Waals surface area (Å²) in [5.74, 6) is 2.32. The van der Waals surface area contributed by atoms with Gasteiger partial charge in [0.15, 0.2) is 0 Å². The average Bonchev–Trinajstić information content (AvgIpc) is 2.83. The molecule has 0 bridgehead atoms. The monoisotopic (exact) mass is 302 g/mol. The molecule has 2 heteroatoms. The molecule has 0 aromatic heterocycles. The SMILES string of the molecule is CC(CCc1cccc(O)c1)[C@H]1CC[C@H]2[C@@H](O)CCC[C@]12C. The molecule has 22 heavy (non-hydrogen) atoms. The van der Waals surface area contributed by atoms with Crippen molar-refractivity contribution in [2.75, 3.05) is 0 Å². The summed E-state index contributed by atoms with van der Waals surface area (Å²) in [6.45, 7) is 4.82. The first-order valence-electron chi connectivity index (χ1n) is 8.96. The van der Waals surface area contributed by atoms with Gasteiger partial charge in [0.05, 0.1) is 6.10 Å². The Morgan fingerprint density at radius 1 is 1.27 bits per heavy atom. The van der Waals surface area contributed by atoms with Crippen molar-refractivity contribution in [3.05, 3.63) is 29.8 Å². The second kappa shape index (κ2) is 6.23. The Kier molecular flexibility index (Phi) is 4.49. The highest BCUT2D eigenvalue weighted by atomic mass is 16.3. The van der Waals surface area contributed by atoms with Gasteiger partial charge in [-0.2, -0.15) is 0 Å². The van der Waals surface area contributed by atoms with Crippen molar-refractivity contribution in [1.82, 2.24) is 0 Å². The van der Waals surface area contributed by atoms with Gasteiger partial charge < -0.3 is 10.2 Å². The van der Waals surface area contributed by atoms with E-state index < -0.39 is 0 Å². The molecule has 5 atom stereocenters. The molecular weight excluding hydrogens is 272 g/mol. The van der Waals surface area contributed by atoms with E-state index in [4.69, 9.17) is 0 Å². The molecular formula is C20H30O2. The van der Waals surface area contributed by atoms with Gasteiger partial charge in [-0.3, -0.25) is 0 Å². The Labute approximate surface area is 134 Å². The molecule has 0 amide bonds. The van der Waals surface area contributed by atoms with Crippen LogP contribution in [0.1, 0.15) is 57.9 Å². The highest BCUT2D eigenvalue weighted by Gasteiger charge is 2.51. The first-order valence-corrected chi connectivity index (χ1v) is 8.96. The summed E-state index contributed by atoms with van der Waals surface area (Å²) in [5, 5.41) is 19.9. The molecule has 3 rings (SSSR count).